The monoisotopic (exact) mass is 486 g/mol. The SMILES string of the molecule is COc1ccc([N+](=O)[O-])cc1NC(=O)C(C)Sc1nnc(COc2ccc(C(C)C)cc2)n1N. The molecule has 0 spiro atoms. The molecule has 0 aliphatic rings. The highest BCUT2D eigenvalue weighted by atomic mass is 32.2. The smallest absolute Gasteiger partial charge is 0.271 e. The van der Waals surface area contributed by atoms with Gasteiger partial charge in [0, 0.05) is 12.1 Å². The first kappa shape index (κ1) is 24.8. The van der Waals surface area contributed by atoms with Crippen LogP contribution in [0.1, 0.15) is 38.1 Å². The number of aromatic nitrogens is 3. The number of rotatable bonds is 10. The van der Waals surface area contributed by atoms with Gasteiger partial charge in [0.15, 0.2) is 5.82 Å². The van der Waals surface area contributed by atoms with Gasteiger partial charge in [-0.2, -0.15) is 0 Å². The number of nitro benzene ring substituents is 1. The number of ether oxygens (including phenoxy) is 2. The molecule has 0 aliphatic carbocycles. The van der Waals surface area contributed by atoms with Gasteiger partial charge in [0.1, 0.15) is 18.1 Å². The summed E-state index contributed by atoms with van der Waals surface area (Å²) >= 11 is 1.09. The van der Waals surface area contributed by atoms with Crippen molar-refractivity contribution in [3.8, 4) is 11.5 Å². The van der Waals surface area contributed by atoms with E-state index in [9.17, 15) is 14.9 Å². The molecule has 0 saturated carbocycles. The van der Waals surface area contributed by atoms with Crippen LogP contribution in [0.2, 0.25) is 0 Å². The van der Waals surface area contributed by atoms with Gasteiger partial charge < -0.3 is 20.6 Å². The number of carbonyl (C=O) groups is 1. The first-order valence-electron chi connectivity index (χ1n) is 10.4. The highest BCUT2D eigenvalue weighted by molar-refractivity contribution is 8.00. The van der Waals surface area contributed by atoms with Crippen molar-refractivity contribution < 1.29 is 19.2 Å². The Morgan fingerprint density at radius 2 is 1.91 bits per heavy atom. The van der Waals surface area contributed by atoms with E-state index >= 15 is 0 Å². The molecule has 1 aromatic heterocycles. The van der Waals surface area contributed by atoms with Gasteiger partial charge in [0.25, 0.3) is 5.69 Å². The van der Waals surface area contributed by atoms with Crippen molar-refractivity contribution in [1.82, 2.24) is 14.9 Å². The van der Waals surface area contributed by atoms with Crippen LogP contribution in [-0.2, 0) is 11.4 Å². The number of thioether (sulfide) groups is 1. The van der Waals surface area contributed by atoms with E-state index in [0.29, 0.717) is 28.4 Å². The lowest BCUT2D eigenvalue weighted by Gasteiger charge is -2.14. The Balaban J connectivity index is 1.62. The average Bonchev–Trinajstić information content (AvgIpc) is 3.16. The maximum Gasteiger partial charge on any atom is 0.271 e. The molecule has 0 fully saturated rings. The van der Waals surface area contributed by atoms with Crippen molar-refractivity contribution >= 4 is 29.0 Å². The number of carbonyl (C=O) groups excluding carboxylic acids is 1. The summed E-state index contributed by atoms with van der Waals surface area (Å²) in [6.07, 6.45) is 0. The average molecular weight is 487 g/mol. The second kappa shape index (κ2) is 10.9. The Morgan fingerprint density at radius 3 is 2.53 bits per heavy atom. The summed E-state index contributed by atoms with van der Waals surface area (Å²) in [4.78, 5) is 23.2. The molecule has 1 atom stereocenters. The summed E-state index contributed by atoms with van der Waals surface area (Å²) in [6.45, 7) is 6.00. The maximum atomic E-state index is 12.7. The molecule has 0 aliphatic heterocycles. The molecule has 11 nitrogen and oxygen atoms in total. The highest BCUT2D eigenvalue weighted by Gasteiger charge is 2.22. The summed E-state index contributed by atoms with van der Waals surface area (Å²) in [5.74, 6) is 7.49. The second-order valence-electron chi connectivity index (χ2n) is 7.67. The molecule has 1 unspecified atom stereocenters. The van der Waals surface area contributed by atoms with Gasteiger partial charge in [-0.15, -0.1) is 10.2 Å². The van der Waals surface area contributed by atoms with E-state index in [1.165, 1.54) is 35.5 Å². The molecule has 34 heavy (non-hydrogen) atoms. The lowest BCUT2D eigenvalue weighted by Crippen LogP contribution is -2.24. The lowest BCUT2D eigenvalue weighted by atomic mass is 10.0. The molecule has 180 valence electrons. The van der Waals surface area contributed by atoms with Crippen LogP contribution < -0.4 is 20.6 Å². The number of nitrogen functional groups attached to an aromatic ring is 1. The number of methoxy groups -OCH3 is 1. The van der Waals surface area contributed by atoms with E-state index in [0.717, 1.165) is 11.8 Å². The molecule has 0 saturated heterocycles. The Morgan fingerprint density at radius 1 is 1.21 bits per heavy atom. The number of nitrogens with one attached hydrogen (secondary N) is 1. The number of non-ortho nitro benzene ring substituents is 1. The van der Waals surface area contributed by atoms with E-state index in [1.54, 1.807) is 6.92 Å². The fourth-order valence-corrected chi connectivity index (χ4v) is 3.73. The van der Waals surface area contributed by atoms with Crippen LogP contribution in [0, 0.1) is 10.1 Å². The molecule has 1 heterocycles. The van der Waals surface area contributed by atoms with E-state index in [4.69, 9.17) is 15.3 Å². The number of anilines is 1. The number of nitrogens with zero attached hydrogens (tertiary/aromatic N) is 4. The zero-order valence-electron chi connectivity index (χ0n) is 19.2. The minimum absolute atomic E-state index is 0.108. The molecule has 3 N–H and O–H groups in total. The lowest BCUT2D eigenvalue weighted by molar-refractivity contribution is -0.384. The molecule has 0 bridgehead atoms. The molecule has 3 aromatic rings. The molecule has 12 heteroatoms. The normalized spacial score (nSPS) is 11.8. The van der Waals surface area contributed by atoms with Gasteiger partial charge in [-0.3, -0.25) is 14.9 Å². The van der Waals surface area contributed by atoms with Crippen molar-refractivity contribution in [3.05, 3.63) is 64.0 Å². The maximum absolute atomic E-state index is 12.7. The zero-order chi connectivity index (χ0) is 24.8. The quantitative estimate of drug-likeness (QED) is 0.189. The summed E-state index contributed by atoms with van der Waals surface area (Å²) in [6, 6.07) is 11.7. The molecule has 2 aromatic carbocycles. The number of hydrogen-bond donors (Lipinski definition) is 2. The van der Waals surface area contributed by atoms with Crippen LogP contribution in [0.15, 0.2) is 47.6 Å². The van der Waals surface area contributed by atoms with Crippen LogP contribution in [0.25, 0.3) is 0 Å². The summed E-state index contributed by atoms with van der Waals surface area (Å²) < 4.78 is 12.2. The third kappa shape index (κ3) is 5.95. The summed E-state index contributed by atoms with van der Waals surface area (Å²) in [7, 11) is 1.41. The van der Waals surface area contributed by atoms with Crippen molar-refractivity contribution in [2.45, 2.75) is 43.7 Å². The second-order valence-corrected chi connectivity index (χ2v) is 8.98. The highest BCUT2D eigenvalue weighted by Crippen LogP contribution is 2.30. The molecular formula is C22H26N6O5S. The minimum atomic E-state index is -0.632. The summed E-state index contributed by atoms with van der Waals surface area (Å²) in [5.41, 5.74) is 1.24. The Kier molecular flexibility index (Phi) is 7.95. The number of nitrogens with two attached hydrogens (primary N) is 1. The first-order valence-corrected chi connectivity index (χ1v) is 11.3. The Labute approximate surface area is 200 Å². The predicted octanol–water partition coefficient (Wildman–Crippen LogP) is 3.73. The van der Waals surface area contributed by atoms with Crippen LogP contribution >= 0.6 is 11.8 Å². The van der Waals surface area contributed by atoms with Crippen LogP contribution in [0.4, 0.5) is 11.4 Å². The third-order valence-corrected chi connectivity index (χ3v) is 6.01. The van der Waals surface area contributed by atoms with Gasteiger partial charge in [-0.25, -0.2) is 4.68 Å². The van der Waals surface area contributed by atoms with Crippen molar-refractivity contribution in [2.24, 2.45) is 0 Å². The minimum Gasteiger partial charge on any atom is -0.495 e. The van der Waals surface area contributed by atoms with Crippen LogP contribution in [0.5, 0.6) is 11.5 Å². The Hall–Kier alpha value is -3.80. The standard InChI is InChI=1S/C22H26N6O5S/c1-13(2)15-5-8-17(9-6-15)33-12-20-25-26-22(27(20)23)34-14(3)21(29)24-18-11-16(28(30)31)7-10-19(18)32-4/h5-11,13-14H,12,23H2,1-4H3,(H,24,29). The molecule has 1 amide bonds. The van der Waals surface area contributed by atoms with Gasteiger partial charge in [-0.05, 0) is 36.6 Å². The van der Waals surface area contributed by atoms with Crippen molar-refractivity contribution in [3.63, 3.8) is 0 Å². The number of amides is 1. The fraction of sp³-hybridized carbons (Fsp3) is 0.318. The van der Waals surface area contributed by atoms with E-state index in [2.05, 4.69) is 29.4 Å². The number of hydrogen-bond acceptors (Lipinski definition) is 9. The number of nitro groups is 1. The predicted molar refractivity (Wildman–Crippen MR) is 129 cm³/mol. The van der Waals surface area contributed by atoms with Gasteiger partial charge in [0.05, 0.1) is 23.0 Å². The number of benzene rings is 2. The fourth-order valence-electron chi connectivity index (χ4n) is 2.94. The third-order valence-electron chi connectivity index (χ3n) is 4.95. The van der Waals surface area contributed by atoms with E-state index in [-0.39, 0.29) is 18.0 Å². The first-order chi connectivity index (χ1) is 16.2. The van der Waals surface area contributed by atoms with Crippen LogP contribution in [-0.4, -0.2) is 38.1 Å². The topological polar surface area (TPSA) is 147 Å². The zero-order valence-corrected chi connectivity index (χ0v) is 20.0. The Bertz CT molecular complexity index is 1170. The largest absolute Gasteiger partial charge is 0.495 e. The van der Waals surface area contributed by atoms with Gasteiger partial charge in [-0.1, -0.05) is 37.7 Å². The summed E-state index contributed by atoms with van der Waals surface area (Å²) in [5, 5.41) is 21.5. The van der Waals surface area contributed by atoms with Gasteiger partial charge in [0.2, 0.25) is 11.1 Å². The van der Waals surface area contributed by atoms with E-state index < -0.39 is 16.1 Å². The molecule has 3 rings (SSSR count). The van der Waals surface area contributed by atoms with Gasteiger partial charge >= 0.3 is 0 Å². The molecule has 0 radical (unpaired) electrons. The molecular weight excluding hydrogens is 460 g/mol. The van der Waals surface area contributed by atoms with E-state index in [1.807, 2.05) is 24.3 Å². The van der Waals surface area contributed by atoms with Crippen LogP contribution in [0.3, 0.4) is 0 Å². The van der Waals surface area contributed by atoms with Crippen molar-refractivity contribution in [1.29, 1.82) is 0 Å². The van der Waals surface area contributed by atoms with Crippen molar-refractivity contribution in [2.75, 3.05) is 18.3 Å².